The van der Waals surface area contributed by atoms with Crippen LogP contribution in [0.15, 0.2) is 18.2 Å². The second-order valence-corrected chi connectivity index (χ2v) is 9.84. The fraction of sp³-hybridized carbons (Fsp3) is 0.619. The van der Waals surface area contributed by atoms with Gasteiger partial charge in [-0.25, -0.2) is 14.1 Å². The van der Waals surface area contributed by atoms with Crippen molar-refractivity contribution in [2.24, 2.45) is 0 Å². The molecule has 1 aromatic carbocycles. The number of aromatic nitrogens is 2. The Balaban J connectivity index is 1.67. The van der Waals surface area contributed by atoms with E-state index in [9.17, 15) is 4.79 Å². The molecular formula is C21H34N6OS. The number of imidazole rings is 1. The van der Waals surface area contributed by atoms with Gasteiger partial charge in [-0.05, 0) is 38.0 Å². The molecule has 0 aliphatic carbocycles. The van der Waals surface area contributed by atoms with Crippen molar-refractivity contribution in [2.75, 3.05) is 31.5 Å². The molecule has 1 aromatic heterocycles. The van der Waals surface area contributed by atoms with Gasteiger partial charge >= 0.3 is 6.03 Å². The number of aryl methyl sites for hydroxylation is 1. The molecule has 29 heavy (non-hydrogen) atoms. The van der Waals surface area contributed by atoms with E-state index in [4.69, 9.17) is 4.98 Å². The highest BCUT2D eigenvalue weighted by molar-refractivity contribution is 7.98. The summed E-state index contributed by atoms with van der Waals surface area (Å²) in [7, 11) is 3.75. The monoisotopic (exact) mass is 418 g/mol. The Labute approximate surface area is 178 Å². The second kappa shape index (κ2) is 8.83. The fourth-order valence-corrected chi connectivity index (χ4v) is 4.69. The third kappa shape index (κ3) is 4.98. The van der Waals surface area contributed by atoms with E-state index in [2.05, 4.69) is 76.8 Å². The zero-order chi connectivity index (χ0) is 21.2. The average molecular weight is 419 g/mol. The number of fused-ring (bicyclic) bond motifs is 1. The van der Waals surface area contributed by atoms with Crippen LogP contribution in [-0.4, -0.2) is 53.1 Å². The number of urea groups is 1. The van der Waals surface area contributed by atoms with Gasteiger partial charge < -0.3 is 19.5 Å². The molecule has 3 rings (SSSR count). The van der Waals surface area contributed by atoms with E-state index >= 15 is 0 Å². The highest BCUT2D eigenvalue weighted by atomic mass is 32.2. The maximum atomic E-state index is 11.5. The Kier molecular flexibility index (Phi) is 6.63. The van der Waals surface area contributed by atoms with Gasteiger partial charge in [-0.15, -0.1) is 0 Å². The molecule has 0 spiro atoms. The van der Waals surface area contributed by atoms with Gasteiger partial charge in [-0.1, -0.05) is 20.8 Å². The van der Waals surface area contributed by atoms with Gasteiger partial charge in [0, 0.05) is 57.3 Å². The van der Waals surface area contributed by atoms with Gasteiger partial charge in [0.05, 0.1) is 16.7 Å². The predicted octanol–water partition coefficient (Wildman–Crippen LogP) is 3.75. The Hall–Kier alpha value is -1.93. The summed E-state index contributed by atoms with van der Waals surface area (Å²) in [6, 6.07) is 6.71. The van der Waals surface area contributed by atoms with Crippen LogP contribution >= 0.6 is 12.1 Å². The molecule has 2 amide bonds. The number of hydrogen-bond acceptors (Lipinski definition) is 5. The molecule has 2 heterocycles. The predicted molar refractivity (Wildman–Crippen MR) is 122 cm³/mol. The van der Waals surface area contributed by atoms with Gasteiger partial charge in [0.2, 0.25) is 0 Å². The Morgan fingerprint density at radius 1 is 1.31 bits per heavy atom. The lowest BCUT2D eigenvalue weighted by molar-refractivity contribution is 0.231. The van der Waals surface area contributed by atoms with Crippen LogP contribution in [0.4, 0.5) is 10.5 Å². The topological polar surface area (TPSA) is 65.4 Å². The van der Waals surface area contributed by atoms with Crippen LogP contribution in [0.3, 0.4) is 0 Å². The normalized spacial score (nSPS) is 16.2. The number of nitrogens with zero attached hydrogens (tertiary/aromatic N) is 4. The number of benzene rings is 1. The van der Waals surface area contributed by atoms with Crippen molar-refractivity contribution < 1.29 is 4.79 Å². The largest absolute Gasteiger partial charge is 0.341 e. The quantitative estimate of drug-likeness (QED) is 0.724. The number of piperidine rings is 1. The van der Waals surface area contributed by atoms with Crippen LogP contribution in [0.5, 0.6) is 0 Å². The third-order valence-corrected chi connectivity index (χ3v) is 6.39. The van der Waals surface area contributed by atoms with Gasteiger partial charge in [0.15, 0.2) is 0 Å². The molecule has 1 aliphatic heterocycles. The van der Waals surface area contributed by atoms with E-state index in [0.717, 1.165) is 49.5 Å². The van der Waals surface area contributed by atoms with Crippen LogP contribution < -0.4 is 14.9 Å². The van der Waals surface area contributed by atoms with Crippen molar-refractivity contribution in [1.82, 2.24) is 24.5 Å². The maximum Gasteiger partial charge on any atom is 0.314 e. The minimum Gasteiger partial charge on any atom is -0.341 e. The lowest BCUT2D eigenvalue weighted by Gasteiger charge is -2.33. The maximum absolute atomic E-state index is 11.5. The van der Waals surface area contributed by atoms with Crippen molar-refractivity contribution in [3.05, 3.63) is 24.0 Å². The van der Waals surface area contributed by atoms with E-state index in [-0.39, 0.29) is 17.5 Å². The molecule has 0 atom stereocenters. The molecular weight excluding hydrogens is 384 g/mol. The van der Waals surface area contributed by atoms with E-state index in [1.165, 1.54) is 5.52 Å². The molecule has 160 valence electrons. The summed E-state index contributed by atoms with van der Waals surface area (Å²) in [5.74, 6) is 1.13. The standard InChI is InChI=1S/C21H34N6OS/c1-7-27-18-9-8-16(14-17(18)24-19(27)21(2,3)4)25(6)29-26-12-10-15(11-13-26)23-20(28)22-5/h8-9,14-15H,7,10-13H2,1-6H3,(H2,22,23,28). The van der Waals surface area contributed by atoms with Crippen molar-refractivity contribution >= 4 is 34.9 Å². The highest BCUT2D eigenvalue weighted by Gasteiger charge is 2.24. The smallest absolute Gasteiger partial charge is 0.314 e. The number of hydrogen-bond donors (Lipinski definition) is 2. The number of carbonyl (C=O) groups is 1. The van der Waals surface area contributed by atoms with Crippen LogP contribution in [0.2, 0.25) is 0 Å². The van der Waals surface area contributed by atoms with Crippen LogP contribution in [0.1, 0.15) is 46.4 Å². The van der Waals surface area contributed by atoms with Crippen molar-refractivity contribution in [1.29, 1.82) is 0 Å². The summed E-state index contributed by atoms with van der Waals surface area (Å²) in [6.07, 6.45) is 1.92. The SMILES string of the molecule is CCn1c(C(C)(C)C)nc2cc(N(C)SN3CCC(NC(=O)NC)CC3)ccc21. The zero-order valence-electron chi connectivity index (χ0n) is 18.5. The van der Waals surface area contributed by atoms with E-state index in [0.29, 0.717) is 0 Å². The fourth-order valence-electron chi connectivity index (χ4n) is 3.77. The number of nitrogens with one attached hydrogen (secondary N) is 2. The first-order valence-corrected chi connectivity index (χ1v) is 11.1. The van der Waals surface area contributed by atoms with Crippen molar-refractivity contribution in [2.45, 2.75) is 58.5 Å². The van der Waals surface area contributed by atoms with Crippen molar-refractivity contribution in [3.8, 4) is 0 Å². The van der Waals surface area contributed by atoms with Crippen LogP contribution in [0.25, 0.3) is 11.0 Å². The summed E-state index contributed by atoms with van der Waals surface area (Å²) >= 11 is 1.73. The zero-order valence-corrected chi connectivity index (χ0v) is 19.3. The molecule has 0 unspecified atom stereocenters. The van der Waals surface area contributed by atoms with E-state index < -0.39 is 0 Å². The number of carbonyl (C=O) groups excluding carboxylic acids is 1. The highest BCUT2D eigenvalue weighted by Crippen LogP contribution is 2.31. The summed E-state index contributed by atoms with van der Waals surface area (Å²) in [5, 5.41) is 5.64. The molecule has 0 radical (unpaired) electrons. The lowest BCUT2D eigenvalue weighted by Crippen LogP contribution is -2.46. The summed E-state index contributed by atoms with van der Waals surface area (Å²) < 4.78 is 6.88. The third-order valence-electron chi connectivity index (χ3n) is 5.34. The molecule has 7 nitrogen and oxygen atoms in total. The first-order valence-electron chi connectivity index (χ1n) is 10.4. The minimum atomic E-state index is -0.0948. The Morgan fingerprint density at radius 3 is 2.59 bits per heavy atom. The van der Waals surface area contributed by atoms with Crippen molar-refractivity contribution in [3.63, 3.8) is 0 Å². The second-order valence-electron chi connectivity index (χ2n) is 8.61. The average Bonchev–Trinajstić information content (AvgIpc) is 3.07. The first-order chi connectivity index (χ1) is 13.7. The number of rotatable bonds is 5. The Bertz CT molecular complexity index is 851. The van der Waals surface area contributed by atoms with Crippen LogP contribution in [0, 0.1) is 0 Å². The van der Waals surface area contributed by atoms with Gasteiger partial charge in [0.25, 0.3) is 0 Å². The first kappa shape index (κ1) is 21.8. The molecule has 8 heteroatoms. The molecule has 2 N–H and O–H groups in total. The van der Waals surface area contributed by atoms with Gasteiger partial charge in [-0.2, -0.15) is 0 Å². The van der Waals surface area contributed by atoms with E-state index in [1.807, 2.05) is 0 Å². The lowest BCUT2D eigenvalue weighted by atomic mass is 9.96. The molecule has 1 fully saturated rings. The molecule has 2 aromatic rings. The Morgan fingerprint density at radius 2 is 2.00 bits per heavy atom. The van der Waals surface area contributed by atoms with Gasteiger partial charge in [0.1, 0.15) is 5.82 Å². The molecule has 0 bridgehead atoms. The molecule has 1 aliphatic rings. The minimum absolute atomic E-state index is 0.0168. The molecule has 0 saturated carbocycles. The van der Waals surface area contributed by atoms with Gasteiger partial charge in [-0.3, -0.25) is 0 Å². The number of anilines is 1. The summed E-state index contributed by atoms with van der Waals surface area (Å²) in [6.45, 7) is 11.6. The van der Waals surface area contributed by atoms with Crippen LogP contribution in [-0.2, 0) is 12.0 Å². The molecule has 1 saturated heterocycles. The summed E-state index contributed by atoms with van der Waals surface area (Å²) in [5.41, 5.74) is 3.41. The summed E-state index contributed by atoms with van der Waals surface area (Å²) in [4.78, 5) is 16.4. The van der Waals surface area contributed by atoms with E-state index in [1.54, 1.807) is 19.2 Å². The number of amides is 2.